The summed E-state index contributed by atoms with van der Waals surface area (Å²) in [6.07, 6.45) is 0. The van der Waals surface area contributed by atoms with Crippen LogP contribution in [0.25, 0.3) is 120 Å². The molecule has 61 heavy (non-hydrogen) atoms. The van der Waals surface area contributed by atoms with E-state index in [9.17, 15) is 0 Å². The van der Waals surface area contributed by atoms with Gasteiger partial charge < -0.3 is 0 Å². The topological polar surface area (TPSA) is 0 Å². The number of hydrogen-bond donors (Lipinski definition) is 0. The fraction of sp³-hybridized carbons (Fsp3) is 0.0164. The lowest BCUT2D eigenvalue weighted by molar-refractivity contribution is 1.53. The molecule has 0 atom stereocenters. The molecule has 12 aromatic rings. The van der Waals surface area contributed by atoms with E-state index in [1.54, 1.807) is 0 Å². The molecule has 0 nitrogen and oxygen atoms in total. The summed E-state index contributed by atoms with van der Waals surface area (Å²) in [5, 5.41) is 15.2. The Hall–Kier alpha value is -7.80. The van der Waals surface area contributed by atoms with Crippen molar-refractivity contribution in [3.63, 3.8) is 0 Å². The fourth-order valence-electron chi connectivity index (χ4n) is 10.4. The minimum absolute atomic E-state index is 1.22. The molecule has 0 unspecified atom stereocenters. The molecule has 0 heteroatoms. The van der Waals surface area contributed by atoms with Crippen LogP contribution in [0.15, 0.2) is 224 Å². The van der Waals surface area contributed by atoms with Crippen molar-refractivity contribution in [1.29, 1.82) is 0 Å². The van der Waals surface area contributed by atoms with Gasteiger partial charge in [-0.2, -0.15) is 0 Å². The van der Waals surface area contributed by atoms with Gasteiger partial charge in [0.25, 0.3) is 0 Å². The van der Waals surface area contributed by atoms with Gasteiger partial charge in [0.2, 0.25) is 0 Å². The number of hydrogen-bond acceptors (Lipinski definition) is 0. The highest BCUT2D eigenvalue weighted by molar-refractivity contribution is 6.25. The SMILES string of the molecule is Cc1c(-c2ccccc2)c2ccc(-c3c4ccccc4c(-c4ccccc4)c4ccccc34)cc2c2cc(-c3c4ccccc4c(-c4ccccc4)c4ccccc34)ccc12. The van der Waals surface area contributed by atoms with Gasteiger partial charge in [0.15, 0.2) is 0 Å². The average molecular weight is 773 g/mol. The first-order chi connectivity index (χ1) is 30.2. The van der Waals surface area contributed by atoms with Crippen molar-refractivity contribution in [2.75, 3.05) is 0 Å². The molecule has 12 rings (SSSR count). The molecule has 0 radical (unpaired) electrons. The first kappa shape index (κ1) is 35.2. The lowest BCUT2D eigenvalue weighted by atomic mass is 9.82. The summed E-state index contributed by atoms with van der Waals surface area (Å²) < 4.78 is 0. The molecule has 12 aromatic carbocycles. The van der Waals surface area contributed by atoms with Crippen LogP contribution < -0.4 is 0 Å². The molecule has 0 aromatic heterocycles. The first-order valence-corrected chi connectivity index (χ1v) is 21.3. The van der Waals surface area contributed by atoms with Gasteiger partial charge in [-0.15, -0.1) is 0 Å². The maximum Gasteiger partial charge on any atom is -0.00261 e. The number of benzene rings is 12. The standard InChI is InChI=1S/C61H40/c1-39-45-35-33-43(60-50-29-15-11-25-46(50)58(41-21-7-3-8-22-41)47-26-12-16-30-51(47)60)37-55(45)56-38-44(34-36-54(56)57(39)40-19-5-2-6-20-40)61-52-31-17-13-27-48(52)59(42-23-9-4-10-24-42)49-28-14-18-32-53(49)61/h2-38H,1H3. The maximum atomic E-state index is 2.48. The monoisotopic (exact) mass is 772 g/mol. The van der Waals surface area contributed by atoms with E-state index in [-0.39, 0.29) is 0 Å². The summed E-state index contributed by atoms with van der Waals surface area (Å²) in [7, 11) is 0. The third kappa shape index (κ3) is 5.53. The zero-order valence-corrected chi connectivity index (χ0v) is 33.9. The van der Waals surface area contributed by atoms with Crippen LogP contribution in [0.4, 0.5) is 0 Å². The van der Waals surface area contributed by atoms with Gasteiger partial charge in [-0.05, 0) is 145 Å². The van der Waals surface area contributed by atoms with E-state index in [2.05, 4.69) is 231 Å². The minimum Gasteiger partial charge on any atom is -0.0622 e. The predicted molar refractivity (Wildman–Crippen MR) is 263 cm³/mol. The van der Waals surface area contributed by atoms with Gasteiger partial charge in [-0.25, -0.2) is 0 Å². The Kier molecular flexibility index (Phi) is 8.18. The largest absolute Gasteiger partial charge is 0.0622 e. The van der Waals surface area contributed by atoms with Crippen LogP contribution in [0.3, 0.4) is 0 Å². The normalized spacial score (nSPS) is 11.7. The van der Waals surface area contributed by atoms with Crippen molar-refractivity contribution in [2.24, 2.45) is 0 Å². The van der Waals surface area contributed by atoms with Gasteiger partial charge in [0, 0.05) is 0 Å². The van der Waals surface area contributed by atoms with E-state index in [1.165, 1.54) is 126 Å². The van der Waals surface area contributed by atoms with Crippen LogP contribution in [0.5, 0.6) is 0 Å². The number of aryl methyl sites for hydroxylation is 1. The minimum atomic E-state index is 1.22. The molecule has 0 aliphatic rings. The Bertz CT molecular complexity index is 3560. The van der Waals surface area contributed by atoms with E-state index in [0.29, 0.717) is 0 Å². The average Bonchev–Trinajstić information content (AvgIpc) is 3.33. The Labute approximate surface area is 355 Å². The van der Waals surface area contributed by atoms with Crippen molar-refractivity contribution in [1.82, 2.24) is 0 Å². The van der Waals surface area contributed by atoms with Crippen LogP contribution >= 0.6 is 0 Å². The Morgan fingerprint density at radius 3 is 0.770 bits per heavy atom. The summed E-state index contributed by atoms with van der Waals surface area (Å²) in [6, 6.07) is 83.0. The second-order valence-corrected chi connectivity index (χ2v) is 16.3. The summed E-state index contributed by atoms with van der Waals surface area (Å²) >= 11 is 0. The van der Waals surface area contributed by atoms with Gasteiger partial charge >= 0.3 is 0 Å². The van der Waals surface area contributed by atoms with Gasteiger partial charge in [-0.1, -0.05) is 212 Å². The summed E-state index contributed by atoms with van der Waals surface area (Å²) in [5.74, 6) is 0. The second kappa shape index (κ2) is 14.2. The van der Waals surface area contributed by atoms with E-state index in [1.807, 2.05) is 0 Å². The van der Waals surface area contributed by atoms with Crippen molar-refractivity contribution < 1.29 is 0 Å². The predicted octanol–water partition coefficient (Wildman–Crippen LogP) is 17.2. The molecule has 0 aliphatic heterocycles. The molecule has 0 bridgehead atoms. The number of fused-ring (bicyclic) bond motifs is 7. The van der Waals surface area contributed by atoms with Crippen molar-refractivity contribution in [3.05, 3.63) is 230 Å². The fourth-order valence-corrected chi connectivity index (χ4v) is 10.4. The molecule has 0 saturated heterocycles. The molecular weight excluding hydrogens is 733 g/mol. The maximum absolute atomic E-state index is 2.48. The zero-order valence-electron chi connectivity index (χ0n) is 33.9. The Morgan fingerprint density at radius 2 is 0.426 bits per heavy atom. The smallest absolute Gasteiger partial charge is 0.00261 e. The highest BCUT2D eigenvalue weighted by atomic mass is 14.2. The van der Waals surface area contributed by atoms with Crippen LogP contribution in [0.2, 0.25) is 0 Å². The molecule has 0 amide bonds. The summed E-state index contributed by atoms with van der Waals surface area (Å²) in [5.41, 5.74) is 13.8. The summed E-state index contributed by atoms with van der Waals surface area (Å²) in [4.78, 5) is 0. The van der Waals surface area contributed by atoms with E-state index in [4.69, 9.17) is 0 Å². The quantitative estimate of drug-likeness (QED) is 0.121. The molecule has 0 fully saturated rings. The van der Waals surface area contributed by atoms with Crippen molar-refractivity contribution >= 4 is 64.6 Å². The highest BCUT2D eigenvalue weighted by Crippen LogP contribution is 2.48. The molecule has 0 N–H and O–H groups in total. The van der Waals surface area contributed by atoms with Gasteiger partial charge in [0.1, 0.15) is 0 Å². The van der Waals surface area contributed by atoms with Gasteiger partial charge in [-0.3, -0.25) is 0 Å². The second-order valence-electron chi connectivity index (χ2n) is 16.3. The molecule has 0 saturated carbocycles. The van der Waals surface area contributed by atoms with Crippen LogP contribution in [-0.4, -0.2) is 0 Å². The highest BCUT2D eigenvalue weighted by Gasteiger charge is 2.21. The Morgan fingerprint density at radius 1 is 0.180 bits per heavy atom. The zero-order chi connectivity index (χ0) is 40.4. The lowest BCUT2D eigenvalue weighted by Crippen LogP contribution is -1.94. The van der Waals surface area contributed by atoms with E-state index in [0.717, 1.165) is 0 Å². The molecular formula is C61H40. The van der Waals surface area contributed by atoms with Crippen LogP contribution in [-0.2, 0) is 0 Å². The van der Waals surface area contributed by atoms with E-state index >= 15 is 0 Å². The van der Waals surface area contributed by atoms with Crippen molar-refractivity contribution in [2.45, 2.75) is 6.92 Å². The Balaban J connectivity index is 1.19. The van der Waals surface area contributed by atoms with Crippen molar-refractivity contribution in [3.8, 4) is 55.6 Å². The third-order valence-corrected chi connectivity index (χ3v) is 13.0. The van der Waals surface area contributed by atoms with E-state index < -0.39 is 0 Å². The number of rotatable bonds is 5. The first-order valence-electron chi connectivity index (χ1n) is 21.3. The molecule has 0 aliphatic carbocycles. The van der Waals surface area contributed by atoms with Crippen LogP contribution in [0, 0.1) is 6.92 Å². The molecule has 284 valence electrons. The molecule has 0 heterocycles. The van der Waals surface area contributed by atoms with Gasteiger partial charge in [0.05, 0.1) is 0 Å². The van der Waals surface area contributed by atoms with Crippen LogP contribution in [0.1, 0.15) is 5.56 Å². The summed E-state index contributed by atoms with van der Waals surface area (Å²) in [6.45, 7) is 2.31. The third-order valence-electron chi connectivity index (χ3n) is 13.0. The molecule has 0 spiro atoms. The lowest BCUT2D eigenvalue weighted by Gasteiger charge is -2.21.